The third-order valence-electron chi connectivity index (χ3n) is 3.34. The summed E-state index contributed by atoms with van der Waals surface area (Å²) in [5.41, 5.74) is 1.17. The van der Waals surface area contributed by atoms with E-state index in [1.54, 1.807) is 18.2 Å². The summed E-state index contributed by atoms with van der Waals surface area (Å²) in [7, 11) is 2.51. The molecule has 0 spiro atoms. The van der Waals surface area contributed by atoms with Crippen molar-refractivity contribution in [1.29, 1.82) is 0 Å². The van der Waals surface area contributed by atoms with Crippen LogP contribution in [-0.4, -0.2) is 26.2 Å². The minimum atomic E-state index is -0.639. The first kappa shape index (κ1) is 13.2. The van der Waals surface area contributed by atoms with Crippen LogP contribution in [0, 0.1) is 0 Å². The molecule has 5 nitrogen and oxygen atoms in total. The lowest BCUT2D eigenvalue weighted by Crippen LogP contribution is -2.12. The number of fused-ring (bicyclic) bond motifs is 3. The maximum atomic E-state index is 12.1. The second-order valence-corrected chi connectivity index (χ2v) is 4.45. The average Bonchev–Trinajstić information content (AvgIpc) is 2.91. The monoisotopic (exact) mass is 284 g/mol. The first-order valence-corrected chi connectivity index (χ1v) is 6.28. The van der Waals surface area contributed by atoms with Crippen LogP contribution in [0.25, 0.3) is 21.9 Å². The molecule has 0 aliphatic rings. The van der Waals surface area contributed by atoms with E-state index in [-0.39, 0.29) is 11.1 Å². The molecule has 0 radical (unpaired) electrons. The molecule has 0 atom stereocenters. The van der Waals surface area contributed by atoms with Gasteiger partial charge in [-0.3, -0.25) is 0 Å². The summed E-state index contributed by atoms with van der Waals surface area (Å²) in [6, 6.07) is 10.7. The first-order chi connectivity index (χ1) is 10.2. The van der Waals surface area contributed by atoms with E-state index >= 15 is 0 Å². The van der Waals surface area contributed by atoms with Gasteiger partial charge in [0, 0.05) is 10.8 Å². The smallest absolute Gasteiger partial charge is 0.342 e. The highest BCUT2D eigenvalue weighted by Gasteiger charge is 2.24. The Kier molecular flexibility index (Phi) is 3.10. The predicted molar refractivity (Wildman–Crippen MR) is 76.4 cm³/mol. The van der Waals surface area contributed by atoms with Crippen LogP contribution >= 0.6 is 0 Å². The molecule has 5 heteroatoms. The van der Waals surface area contributed by atoms with Gasteiger partial charge in [0.05, 0.1) is 19.8 Å². The van der Waals surface area contributed by atoms with E-state index in [4.69, 9.17) is 13.9 Å². The molecule has 3 aromatic rings. The van der Waals surface area contributed by atoms with Gasteiger partial charge < -0.3 is 13.9 Å². The van der Waals surface area contributed by atoms with E-state index in [9.17, 15) is 9.59 Å². The minimum absolute atomic E-state index is 0.0815. The largest absolute Gasteiger partial charge is 0.465 e. The predicted octanol–water partition coefficient (Wildman–Crippen LogP) is 3.16. The van der Waals surface area contributed by atoms with Crippen LogP contribution in [0.5, 0.6) is 0 Å². The van der Waals surface area contributed by atoms with Crippen LogP contribution in [0.1, 0.15) is 20.7 Å². The second kappa shape index (κ2) is 4.94. The van der Waals surface area contributed by atoms with E-state index in [0.29, 0.717) is 11.2 Å². The van der Waals surface area contributed by atoms with Crippen molar-refractivity contribution in [1.82, 2.24) is 0 Å². The molecule has 0 N–H and O–H groups in total. The van der Waals surface area contributed by atoms with Gasteiger partial charge in [0.2, 0.25) is 0 Å². The van der Waals surface area contributed by atoms with Gasteiger partial charge in [0.15, 0.2) is 5.58 Å². The van der Waals surface area contributed by atoms with Crippen molar-refractivity contribution in [3.05, 3.63) is 47.5 Å². The van der Waals surface area contributed by atoms with Crippen LogP contribution in [0.15, 0.2) is 40.8 Å². The van der Waals surface area contributed by atoms with Gasteiger partial charge in [0.1, 0.15) is 11.1 Å². The molecule has 0 aliphatic carbocycles. The second-order valence-electron chi connectivity index (χ2n) is 4.45. The van der Waals surface area contributed by atoms with Crippen molar-refractivity contribution in [3.8, 4) is 0 Å². The molecule has 1 aromatic heterocycles. The van der Waals surface area contributed by atoms with Crippen LogP contribution in [0.3, 0.4) is 0 Å². The Balaban J connectivity index is 2.43. The van der Waals surface area contributed by atoms with Crippen LogP contribution < -0.4 is 0 Å². The summed E-state index contributed by atoms with van der Waals surface area (Å²) in [6.07, 6.45) is 0. The van der Waals surface area contributed by atoms with Crippen LogP contribution in [0.4, 0.5) is 0 Å². The molecule has 0 saturated carbocycles. The SMILES string of the molecule is COC(=O)c1ccc2c(oc3ccccc32)c1C(=O)OC. The molecular formula is C16H12O5. The van der Waals surface area contributed by atoms with Gasteiger partial charge in [0.25, 0.3) is 0 Å². The molecule has 0 bridgehead atoms. The number of carbonyl (C=O) groups is 2. The highest BCUT2D eigenvalue weighted by molar-refractivity contribution is 6.16. The third-order valence-corrected chi connectivity index (χ3v) is 3.34. The summed E-state index contributed by atoms with van der Waals surface area (Å²) < 4.78 is 15.2. The third kappa shape index (κ3) is 1.94. The topological polar surface area (TPSA) is 65.7 Å². The fraction of sp³-hybridized carbons (Fsp3) is 0.125. The Morgan fingerprint density at radius 1 is 0.905 bits per heavy atom. The summed E-state index contributed by atoms with van der Waals surface area (Å²) >= 11 is 0. The van der Waals surface area contributed by atoms with Crippen molar-refractivity contribution < 1.29 is 23.5 Å². The fourth-order valence-corrected chi connectivity index (χ4v) is 2.37. The zero-order chi connectivity index (χ0) is 15.0. The maximum absolute atomic E-state index is 12.1. The van der Waals surface area contributed by atoms with Crippen molar-refractivity contribution in [3.63, 3.8) is 0 Å². The maximum Gasteiger partial charge on any atom is 0.342 e. The van der Waals surface area contributed by atoms with Crippen molar-refractivity contribution >= 4 is 33.9 Å². The minimum Gasteiger partial charge on any atom is -0.465 e. The molecule has 0 saturated heterocycles. The van der Waals surface area contributed by atoms with E-state index in [1.807, 2.05) is 18.2 Å². The van der Waals surface area contributed by atoms with Gasteiger partial charge in [-0.2, -0.15) is 0 Å². The number of hydrogen-bond acceptors (Lipinski definition) is 5. The lowest BCUT2D eigenvalue weighted by atomic mass is 10.0. The molecule has 3 rings (SSSR count). The number of rotatable bonds is 2. The zero-order valence-corrected chi connectivity index (χ0v) is 11.5. The number of carbonyl (C=O) groups excluding carboxylic acids is 2. The zero-order valence-electron chi connectivity index (χ0n) is 11.5. The number of methoxy groups -OCH3 is 2. The molecule has 2 aromatic carbocycles. The van der Waals surface area contributed by atoms with Crippen molar-refractivity contribution in [2.45, 2.75) is 0 Å². The van der Waals surface area contributed by atoms with Gasteiger partial charge in [-0.15, -0.1) is 0 Å². The molecule has 0 amide bonds. The number of para-hydroxylation sites is 1. The molecule has 106 valence electrons. The van der Waals surface area contributed by atoms with Gasteiger partial charge >= 0.3 is 11.9 Å². The highest BCUT2D eigenvalue weighted by Crippen LogP contribution is 2.33. The number of benzene rings is 2. The van der Waals surface area contributed by atoms with Crippen molar-refractivity contribution in [2.75, 3.05) is 14.2 Å². The van der Waals surface area contributed by atoms with Crippen molar-refractivity contribution in [2.24, 2.45) is 0 Å². The number of esters is 2. The van der Waals surface area contributed by atoms with E-state index in [1.165, 1.54) is 14.2 Å². The van der Waals surface area contributed by atoms with Gasteiger partial charge in [-0.1, -0.05) is 18.2 Å². The van der Waals surface area contributed by atoms with Crippen LogP contribution in [0.2, 0.25) is 0 Å². The Hall–Kier alpha value is -2.82. The Bertz CT molecular complexity index is 860. The molecular weight excluding hydrogens is 272 g/mol. The molecule has 0 unspecified atom stereocenters. The van der Waals surface area contributed by atoms with E-state index in [2.05, 4.69) is 0 Å². The quantitative estimate of drug-likeness (QED) is 0.676. The summed E-state index contributed by atoms with van der Waals surface area (Å²) in [4.78, 5) is 23.9. The Morgan fingerprint density at radius 3 is 2.33 bits per heavy atom. The standard InChI is InChI=1S/C16H12O5/c1-19-15(17)11-8-7-10-9-5-3-4-6-12(9)21-14(10)13(11)16(18)20-2/h3-8H,1-2H3. The van der Waals surface area contributed by atoms with Crippen LogP contribution in [-0.2, 0) is 9.47 Å². The molecule has 21 heavy (non-hydrogen) atoms. The van der Waals surface area contributed by atoms with E-state index < -0.39 is 11.9 Å². The lowest BCUT2D eigenvalue weighted by Gasteiger charge is -2.06. The fourth-order valence-electron chi connectivity index (χ4n) is 2.37. The lowest BCUT2D eigenvalue weighted by molar-refractivity contribution is 0.0556. The summed E-state index contributed by atoms with van der Waals surface area (Å²) in [5.74, 6) is -1.25. The Labute approximate surface area is 120 Å². The average molecular weight is 284 g/mol. The van der Waals surface area contributed by atoms with Gasteiger partial charge in [-0.25, -0.2) is 9.59 Å². The Morgan fingerprint density at radius 2 is 1.62 bits per heavy atom. The van der Waals surface area contributed by atoms with Gasteiger partial charge in [-0.05, 0) is 18.2 Å². The normalized spacial score (nSPS) is 10.8. The number of ether oxygens (including phenoxy) is 2. The van der Waals surface area contributed by atoms with E-state index in [0.717, 1.165) is 10.8 Å². The summed E-state index contributed by atoms with van der Waals surface area (Å²) in [5, 5.41) is 1.62. The molecule has 0 aliphatic heterocycles. The molecule has 0 fully saturated rings. The molecule has 1 heterocycles. The first-order valence-electron chi connectivity index (χ1n) is 6.28. The highest BCUT2D eigenvalue weighted by atomic mass is 16.5. The number of furan rings is 1. The summed E-state index contributed by atoms with van der Waals surface area (Å²) in [6.45, 7) is 0. The number of hydrogen-bond donors (Lipinski definition) is 0.